The molecule has 4 rings (SSSR count). The van der Waals surface area contributed by atoms with Gasteiger partial charge in [0.1, 0.15) is 6.10 Å². The van der Waals surface area contributed by atoms with Gasteiger partial charge in [-0.25, -0.2) is 14.4 Å². The number of hydrogen-bond acceptors (Lipinski definition) is 8. The summed E-state index contributed by atoms with van der Waals surface area (Å²) in [4.78, 5) is 38.1. The van der Waals surface area contributed by atoms with Crippen LogP contribution in [0.15, 0.2) is 91.0 Å². The van der Waals surface area contributed by atoms with Gasteiger partial charge in [0.25, 0.3) is 0 Å². The van der Waals surface area contributed by atoms with Crippen molar-refractivity contribution in [2.75, 3.05) is 6.61 Å². The molecule has 174 valence electrons. The van der Waals surface area contributed by atoms with Crippen molar-refractivity contribution in [1.29, 1.82) is 0 Å². The second-order valence-corrected chi connectivity index (χ2v) is 7.47. The summed E-state index contributed by atoms with van der Waals surface area (Å²) in [5.41, 5.74) is 0.762. The summed E-state index contributed by atoms with van der Waals surface area (Å²) in [6.07, 6.45) is -5.04. The van der Waals surface area contributed by atoms with E-state index in [-0.39, 0.29) is 16.7 Å². The number of benzene rings is 3. The fourth-order valence-electron chi connectivity index (χ4n) is 3.48. The van der Waals surface area contributed by atoms with Crippen molar-refractivity contribution < 1.29 is 38.4 Å². The van der Waals surface area contributed by atoms with Crippen molar-refractivity contribution in [2.24, 2.45) is 0 Å². The SMILES string of the molecule is O=C(OC1O[C@@H](CO)[C@H](OC(=O)c2ccccc2)[C@@H]1OC(=O)c1ccccc1)c1ccccc1. The van der Waals surface area contributed by atoms with Crippen LogP contribution in [0.3, 0.4) is 0 Å². The van der Waals surface area contributed by atoms with Crippen LogP contribution in [0.25, 0.3) is 0 Å². The van der Waals surface area contributed by atoms with Gasteiger partial charge in [-0.1, -0.05) is 54.6 Å². The lowest BCUT2D eigenvalue weighted by atomic mass is 10.1. The van der Waals surface area contributed by atoms with E-state index in [4.69, 9.17) is 18.9 Å². The molecule has 0 saturated carbocycles. The summed E-state index contributed by atoms with van der Waals surface area (Å²) in [6.45, 7) is -0.564. The number of hydrogen-bond donors (Lipinski definition) is 1. The largest absolute Gasteiger partial charge is 0.452 e. The van der Waals surface area contributed by atoms with E-state index in [0.717, 1.165) is 0 Å². The van der Waals surface area contributed by atoms with Gasteiger partial charge in [0.05, 0.1) is 23.3 Å². The standard InChI is InChI=1S/C26H22O8/c27-16-20-21(32-23(28)17-10-4-1-5-11-17)22(33-24(29)18-12-6-2-7-13-18)26(31-20)34-25(30)19-14-8-3-9-15-19/h1-15,20-22,26-27H,16H2/t20-,21-,22-,26?/m0/s1. The first-order chi connectivity index (χ1) is 16.6. The van der Waals surface area contributed by atoms with Crippen molar-refractivity contribution >= 4 is 17.9 Å². The number of aliphatic hydroxyl groups excluding tert-OH is 1. The Bertz CT molecular complexity index is 1120. The van der Waals surface area contributed by atoms with Crippen LogP contribution in [-0.4, -0.2) is 54.2 Å². The molecule has 1 fully saturated rings. The zero-order valence-electron chi connectivity index (χ0n) is 18.0. The first kappa shape index (κ1) is 23.2. The molecule has 0 aliphatic carbocycles. The third kappa shape index (κ3) is 5.31. The van der Waals surface area contributed by atoms with Gasteiger partial charge in [-0.2, -0.15) is 0 Å². The molecule has 1 aliphatic rings. The highest BCUT2D eigenvalue weighted by atomic mass is 16.7. The average molecular weight is 462 g/mol. The van der Waals surface area contributed by atoms with Crippen molar-refractivity contribution in [3.05, 3.63) is 108 Å². The normalized spacial score (nSPS) is 21.4. The van der Waals surface area contributed by atoms with Gasteiger partial charge >= 0.3 is 17.9 Å². The van der Waals surface area contributed by atoms with E-state index in [1.807, 2.05) is 0 Å². The van der Waals surface area contributed by atoms with Crippen LogP contribution in [0.1, 0.15) is 31.1 Å². The molecule has 0 spiro atoms. The Morgan fingerprint density at radius 3 is 1.41 bits per heavy atom. The molecule has 0 amide bonds. The van der Waals surface area contributed by atoms with Gasteiger partial charge < -0.3 is 24.1 Å². The lowest BCUT2D eigenvalue weighted by molar-refractivity contribution is -0.141. The monoisotopic (exact) mass is 462 g/mol. The molecule has 3 aromatic rings. The van der Waals surface area contributed by atoms with Crippen molar-refractivity contribution in [2.45, 2.75) is 24.6 Å². The van der Waals surface area contributed by atoms with Gasteiger partial charge in [0.2, 0.25) is 12.4 Å². The minimum Gasteiger partial charge on any atom is -0.452 e. The highest BCUT2D eigenvalue weighted by Crippen LogP contribution is 2.30. The van der Waals surface area contributed by atoms with Gasteiger partial charge in [0, 0.05) is 0 Å². The lowest BCUT2D eigenvalue weighted by Crippen LogP contribution is -2.42. The van der Waals surface area contributed by atoms with Crippen LogP contribution in [0.4, 0.5) is 0 Å². The molecular weight excluding hydrogens is 440 g/mol. The van der Waals surface area contributed by atoms with Crippen LogP contribution >= 0.6 is 0 Å². The Balaban J connectivity index is 1.59. The number of carbonyl (C=O) groups excluding carboxylic acids is 3. The smallest absolute Gasteiger partial charge is 0.340 e. The molecule has 0 bridgehead atoms. The molecule has 1 aliphatic heterocycles. The zero-order chi connectivity index (χ0) is 23.9. The molecule has 8 heteroatoms. The number of rotatable bonds is 7. The minimum atomic E-state index is -1.41. The quantitative estimate of drug-likeness (QED) is 0.422. The molecule has 3 aromatic carbocycles. The molecule has 8 nitrogen and oxygen atoms in total. The van der Waals surface area contributed by atoms with Crippen LogP contribution in [-0.2, 0) is 18.9 Å². The third-order valence-corrected chi connectivity index (χ3v) is 5.19. The van der Waals surface area contributed by atoms with Crippen LogP contribution in [0.5, 0.6) is 0 Å². The van der Waals surface area contributed by atoms with E-state index < -0.39 is 49.1 Å². The number of esters is 3. The fourth-order valence-corrected chi connectivity index (χ4v) is 3.48. The Labute approximate surface area is 195 Å². The van der Waals surface area contributed by atoms with Crippen LogP contribution < -0.4 is 0 Å². The van der Waals surface area contributed by atoms with Gasteiger partial charge in [-0.3, -0.25) is 0 Å². The Kier molecular flexibility index (Phi) is 7.31. The van der Waals surface area contributed by atoms with Crippen molar-refractivity contribution in [3.8, 4) is 0 Å². The maximum atomic E-state index is 12.8. The summed E-state index contributed by atoms with van der Waals surface area (Å²) in [7, 11) is 0. The van der Waals surface area contributed by atoms with Crippen LogP contribution in [0, 0.1) is 0 Å². The van der Waals surface area contributed by atoms with Gasteiger partial charge in [-0.05, 0) is 36.4 Å². The first-order valence-corrected chi connectivity index (χ1v) is 10.6. The topological polar surface area (TPSA) is 108 Å². The molecule has 0 aromatic heterocycles. The maximum Gasteiger partial charge on any atom is 0.340 e. The Morgan fingerprint density at radius 1 is 0.618 bits per heavy atom. The minimum absolute atomic E-state index is 0.247. The predicted molar refractivity (Wildman–Crippen MR) is 119 cm³/mol. The summed E-state index contributed by atoms with van der Waals surface area (Å²) >= 11 is 0. The predicted octanol–water partition coefficient (Wildman–Crippen LogP) is 3.01. The van der Waals surface area contributed by atoms with E-state index in [9.17, 15) is 19.5 Å². The van der Waals surface area contributed by atoms with E-state index in [2.05, 4.69) is 0 Å². The second-order valence-electron chi connectivity index (χ2n) is 7.47. The maximum absolute atomic E-state index is 12.8. The van der Waals surface area contributed by atoms with Crippen molar-refractivity contribution in [3.63, 3.8) is 0 Å². The summed E-state index contributed by atoms with van der Waals surface area (Å²) in [6, 6.07) is 24.6. The number of carbonyl (C=O) groups is 3. The number of ether oxygens (including phenoxy) is 4. The zero-order valence-corrected chi connectivity index (χ0v) is 18.0. The molecular formula is C26H22O8. The summed E-state index contributed by atoms with van der Waals surface area (Å²) in [5.74, 6) is -2.16. The molecule has 1 unspecified atom stereocenters. The van der Waals surface area contributed by atoms with E-state index in [1.165, 1.54) is 0 Å². The van der Waals surface area contributed by atoms with Crippen molar-refractivity contribution in [1.82, 2.24) is 0 Å². The highest BCUT2D eigenvalue weighted by Gasteiger charge is 2.51. The van der Waals surface area contributed by atoms with Crippen LogP contribution in [0.2, 0.25) is 0 Å². The number of aliphatic hydroxyl groups is 1. The van der Waals surface area contributed by atoms with E-state index >= 15 is 0 Å². The summed E-state index contributed by atoms with van der Waals surface area (Å²) < 4.78 is 22.3. The Hall–Kier alpha value is -4.01. The first-order valence-electron chi connectivity index (χ1n) is 10.6. The molecule has 4 atom stereocenters. The average Bonchev–Trinajstić information content (AvgIpc) is 3.20. The van der Waals surface area contributed by atoms with Gasteiger partial charge in [-0.15, -0.1) is 0 Å². The molecule has 0 radical (unpaired) electrons. The molecule has 34 heavy (non-hydrogen) atoms. The third-order valence-electron chi connectivity index (χ3n) is 5.19. The van der Waals surface area contributed by atoms with E-state index in [0.29, 0.717) is 0 Å². The second kappa shape index (κ2) is 10.7. The van der Waals surface area contributed by atoms with Gasteiger partial charge in [0.15, 0.2) is 6.10 Å². The van der Waals surface area contributed by atoms with E-state index in [1.54, 1.807) is 91.0 Å². The molecule has 1 saturated heterocycles. The highest BCUT2D eigenvalue weighted by molar-refractivity contribution is 5.91. The molecule has 1 N–H and O–H groups in total. The lowest BCUT2D eigenvalue weighted by Gasteiger charge is -2.23. The molecule has 1 heterocycles. The Morgan fingerprint density at radius 2 is 1.00 bits per heavy atom. The summed E-state index contributed by atoms with van der Waals surface area (Å²) in [5, 5.41) is 9.86. The fraction of sp³-hybridized carbons (Fsp3) is 0.192.